The molecule has 0 unspecified atom stereocenters. The van der Waals surface area contributed by atoms with Crippen LogP contribution in [0.25, 0.3) is 0 Å². The van der Waals surface area contributed by atoms with Gasteiger partial charge in [0, 0.05) is 10.6 Å². The number of hydrogen-bond donors (Lipinski definition) is 0. The molecule has 0 bridgehead atoms. The smallest absolute Gasteiger partial charge is 0.268 e. The largest absolute Gasteiger partial charge is 0.479 e. The van der Waals surface area contributed by atoms with Gasteiger partial charge in [-0.3, -0.25) is 14.5 Å². The topological polar surface area (TPSA) is 46.6 Å². The van der Waals surface area contributed by atoms with Gasteiger partial charge in [-0.05, 0) is 43.7 Å². The number of nitrogens with zero attached hydrogens (tertiary/aromatic N) is 1. The second-order valence-corrected chi connectivity index (χ2v) is 6.03. The molecule has 0 radical (unpaired) electrons. The molecule has 3 rings (SSSR count). The predicted molar refractivity (Wildman–Crippen MR) is 89.4 cm³/mol. The van der Waals surface area contributed by atoms with Gasteiger partial charge in [-0.15, -0.1) is 0 Å². The fourth-order valence-corrected chi connectivity index (χ4v) is 2.77. The molecule has 1 heterocycles. The number of rotatable bonds is 3. The molecule has 0 aliphatic carbocycles. The van der Waals surface area contributed by atoms with Crippen molar-refractivity contribution in [2.45, 2.75) is 20.0 Å². The van der Waals surface area contributed by atoms with Crippen LogP contribution >= 0.6 is 11.6 Å². The molecule has 1 amide bonds. The number of benzene rings is 2. The minimum atomic E-state index is -0.614. The van der Waals surface area contributed by atoms with Gasteiger partial charge in [-0.2, -0.15) is 0 Å². The molecule has 0 aromatic heterocycles. The number of ether oxygens (including phenoxy) is 1. The minimum Gasteiger partial charge on any atom is -0.479 e. The maximum Gasteiger partial charge on any atom is 0.268 e. The van der Waals surface area contributed by atoms with E-state index >= 15 is 0 Å². The van der Waals surface area contributed by atoms with E-state index < -0.39 is 6.10 Å². The zero-order valence-corrected chi connectivity index (χ0v) is 13.6. The highest BCUT2D eigenvalue weighted by molar-refractivity contribution is 6.31. The van der Waals surface area contributed by atoms with Gasteiger partial charge >= 0.3 is 0 Å². The third kappa shape index (κ3) is 3.08. The Labute approximate surface area is 139 Å². The summed E-state index contributed by atoms with van der Waals surface area (Å²) in [6.07, 6.45) is -0.614. The molecule has 118 valence electrons. The standard InChI is InChI=1S/C18H16ClNO3/c1-11-6-7-17-15(8-11)20(18(22)12(2)23-17)10-16(21)13-4-3-5-14(19)9-13/h3-9,12H,10H2,1-2H3/t12-/m0/s1. The molecule has 0 spiro atoms. The van der Waals surface area contributed by atoms with E-state index in [9.17, 15) is 9.59 Å². The van der Waals surface area contributed by atoms with Crippen molar-refractivity contribution >= 4 is 29.0 Å². The summed E-state index contributed by atoms with van der Waals surface area (Å²) < 4.78 is 5.61. The van der Waals surface area contributed by atoms with Crippen LogP contribution in [-0.4, -0.2) is 24.3 Å². The molecule has 1 aliphatic heterocycles. The average molecular weight is 330 g/mol. The number of aryl methyl sites for hydroxylation is 1. The highest BCUT2D eigenvalue weighted by atomic mass is 35.5. The van der Waals surface area contributed by atoms with E-state index in [0.717, 1.165) is 5.56 Å². The summed E-state index contributed by atoms with van der Waals surface area (Å²) in [6, 6.07) is 12.3. The van der Waals surface area contributed by atoms with Crippen molar-refractivity contribution in [3.63, 3.8) is 0 Å². The molecular formula is C18H16ClNO3. The third-order valence-electron chi connectivity index (χ3n) is 3.77. The maximum atomic E-state index is 12.5. The lowest BCUT2D eigenvalue weighted by molar-refractivity contribution is -0.125. The van der Waals surface area contributed by atoms with Crippen molar-refractivity contribution in [3.05, 3.63) is 58.6 Å². The molecule has 4 nitrogen and oxygen atoms in total. The predicted octanol–water partition coefficient (Wildman–Crippen LogP) is 3.65. The molecule has 0 fully saturated rings. The number of carbonyl (C=O) groups is 2. The molecule has 5 heteroatoms. The highest BCUT2D eigenvalue weighted by Gasteiger charge is 2.32. The van der Waals surface area contributed by atoms with Crippen molar-refractivity contribution in [2.24, 2.45) is 0 Å². The van der Waals surface area contributed by atoms with Crippen LogP contribution in [0.4, 0.5) is 5.69 Å². The molecular weight excluding hydrogens is 314 g/mol. The number of Topliss-reactive ketones (excluding diaryl/α,β-unsaturated/α-hetero) is 1. The molecule has 0 N–H and O–H groups in total. The normalized spacial score (nSPS) is 16.7. The van der Waals surface area contributed by atoms with Gasteiger partial charge in [0.1, 0.15) is 5.75 Å². The minimum absolute atomic E-state index is 0.0384. The summed E-state index contributed by atoms with van der Waals surface area (Å²) in [7, 11) is 0. The molecule has 23 heavy (non-hydrogen) atoms. The number of hydrogen-bond acceptors (Lipinski definition) is 3. The lowest BCUT2D eigenvalue weighted by atomic mass is 10.1. The Balaban J connectivity index is 1.94. The third-order valence-corrected chi connectivity index (χ3v) is 4.01. The van der Waals surface area contributed by atoms with Gasteiger partial charge in [0.05, 0.1) is 12.2 Å². The van der Waals surface area contributed by atoms with E-state index in [1.165, 1.54) is 4.90 Å². The quantitative estimate of drug-likeness (QED) is 0.808. The van der Waals surface area contributed by atoms with Gasteiger partial charge in [0.2, 0.25) is 0 Å². The highest BCUT2D eigenvalue weighted by Crippen LogP contribution is 2.34. The van der Waals surface area contributed by atoms with E-state index in [1.807, 2.05) is 25.1 Å². The second-order valence-electron chi connectivity index (χ2n) is 5.59. The number of carbonyl (C=O) groups excluding carboxylic acids is 2. The average Bonchev–Trinajstić information content (AvgIpc) is 2.52. The first-order valence-corrected chi connectivity index (χ1v) is 7.71. The van der Waals surface area contributed by atoms with Crippen molar-refractivity contribution in [1.82, 2.24) is 0 Å². The van der Waals surface area contributed by atoms with Gasteiger partial charge in [-0.25, -0.2) is 0 Å². The van der Waals surface area contributed by atoms with Crippen molar-refractivity contribution in [3.8, 4) is 5.75 Å². The first kappa shape index (κ1) is 15.6. The van der Waals surface area contributed by atoms with Crippen LogP contribution in [0, 0.1) is 6.92 Å². The van der Waals surface area contributed by atoms with Crippen LogP contribution in [0.15, 0.2) is 42.5 Å². The lowest BCUT2D eigenvalue weighted by Crippen LogP contribution is -2.46. The van der Waals surface area contributed by atoms with Crippen molar-refractivity contribution in [1.29, 1.82) is 0 Å². The Morgan fingerprint density at radius 3 is 2.78 bits per heavy atom. The summed E-state index contributed by atoms with van der Waals surface area (Å²) >= 11 is 5.93. The zero-order chi connectivity index (χ0) is 16.6. The number of anilines is 1. The Morgan fingerprint density at radius 1 is 1.26 bits per heavy atom. The Hall–Kier alpha value is -2.33. The summed E-state index contributed by atoms with van der Waals surface area (Å²) in [5.41, 5.74) is 2.11. The van der Waals surface area contributed by atoms with Crippen LogP contribution in [0.3, 0.4) is 0 Å². The van der Waals surface area contributed by atoms with Gasteiger partial charge in [-0.1, -0.05) is 29.8 Å². The molecule has 2 aromatic rings. The van der Waals surface area contributed by atoms with E-state index in [1.54, 1.807) is 31.2 Å². The van der Waals surface area contributed by atoms with Gasteiger partial charge in [0.25, 0.3) is 5.91 Å². The summed E-state index contributed by atoms with van der Waals surface area (Å²) in [6.45, 7) is 3.57. The van der Waals surface area contributed by atoms with Crippen LogP contribution in [0.5, 0.6) is 5.75 Å². The fraction of sp³-hybridized carbons (Fsp3) is 0.222. The number of halogens is 1. The van der Waals surface area contributed by atoms with Gasteiger partial charge < -0.3 is 4.74 Å². The molecule has 2 aromatic carbocycles. The van der Waals surface area contributed by atoms with Crippen LogP contribution in [0.2, 0.25) is 5.02 Å². The van der Waals surface area contributed by atoms with Crippen molar-refractivity contribution < 1.29 is 14.3 Å². The maximum absolute atomic E-state index is 12.5. The molecule has 0 saturated heterocycles. The Bertz CT molecular complexity index is 788. The number of fused-ring (bicyclic) bond motifs is 1. The SMILES string of the molecule is Cc1ccc2c(c1)N(CC(=O)c1cccc(Cl)c1)C(=O)[C@H](C)O2. The first-order chi connectivity index (χ1) is 11.0. The van der Waals surface area contributed by atoms with Crippen LogP contribution < -0.4 is 9.64 Å². The summed E-state index contributed by atoms with van der Waals surface area (Å²) in [4.78, 5) is 26.5. The van der Waals surface area contributed by atoms with E-state index in [-0.39, 0.29) is 18.2 Å². The van der Waals surface area contributed by atoms with Crippen LogP contribution in [0.1, 0.15) is 22.8 Å². The van der Waals surface area contributed by atoms with E-state index in [4.69, 9.17) is 16.3 Å². The van der Waals surface area contributed by atoms with E-state index in [0.29, 0.717) is 22.0 Å². The molecule has 1 aliphatic rings. The monoisotopic (exact) mass is 329 g/mol. The lowest BCUT2D eigenvalue weighted by Gasteiger charge is -2.32. The van der Waals surface area contributed by atoms with Crippen molar-refractivity contribution in [2.75, 3.05) is 11.4 Å². The number of amides is 1. The fourth-order valence-electron chi connectivity index (χ4n) is 2.58. The van der Waals surface area contributed by atoms with Crippen LogP contribution in [-0.2, 0) is 4.79 Å². The molecule has 1 atom stereocenters. The summed E-state index contributed by atoms with van der Waals surface area (Å²) in [5.74, 6) is 0.225. The molecule has 0 saturated carbocycles. The Kier molecular flexibility index (Phi) is 4.09. The second kappa shape index (κ2) is 6.05. The summed E-state index contributed by atoms with van der Waals surface area (Å²) in [5, 5.41) is 0.494. The van der Waals surface area contributed by atoms with E-state index in [2.05, 4.69) is 0 Å². The Morgan fingerprint density at radius 2 is 2.04 bits per heavy atom. The first-order valence-electron chi connectivity index (χ1n) is 7.33. The number of ketones is 1. The zero-order valence-electron chi connectivity index (χ0n) is 12.9. The van der Waals surface area contributed by atoms with Gasteiger partial charge in [0.15, 0.2) is 11.9 Å².